The molecule has 2 aromatic rings. The molecule has 4 rings (SSSR count). The van der Waals surface area contributed by atoms with E-state index in [1.54, 1.807) is 19.2 Å². The monoisotopic (exact) mass is 374 g/mol. The summed E-state index contributed by atoms with van der Waals surface area (Å²) in [5.41, 5.74) is -1.71. The summed E-state index contributed by atoms with van der Waals surface area (Å²) in [6.45, 7) is 8.33. The van der Waals surface area contributed by atoms with Crippen LogP contribution in [0.5, 0.6) is 0 Å². The summed E-state index contributed by atoms with van der Waals surface area (Å²) in [6.07, 6.45) is 0.258. The van der Waals surface area contributed by atoms with E-state index in [-0.39, 0.29) is 12.2 Å². The molecule has 1 N–H and O–H groups in total. The number of nitrogens with zero attached hydrogens (tertiary/aromatic N) is 2. The van der Waals surface area contributed by atoms with Crippen LogP contribution in [0.2, 0.25) is 0 Å². The molecule has 1 atom stereocenters. The second-order valence-electron chi connectivity index (χ2n) is 8.20. The van der Waals surface area contributed by atoms with Crippen molar-refractivity contribution < 1.29 is 28.2 Å². The molecule has 0 saturated carbocycles. The third-order valence-corrected chi connectivity index (χ3v) is 5.79. The zero-order valence-electron chi connectivity index (χ0n) is 16.1. The van der Waals surface area contributed by atoms with E-state index in [2.05, 4.69) is 5.16 Å². The van der Waals surface area contributed by atoms with Crippen LogP contribution in [0.25, 0.3) is 11.5 Å². The highest BCUT2D eigenvalue weighted by Gasteiger charge is 2.53. The third kappa shape index (κ3) is 2.72. The largest absolute Gasteiger partial charge is 0.532 e. The van der Waals surface area contributed by atoms with Gasteiger partial charge in [0.1, 0.15) is 11.4 Å². The van der Waals surface area contributed by atoms with Crippen LogP contribution in [0.1, 0.15) is 39.9 Å². The van der Waals surface area contributed by atoms with Crippen molar-refractivity contribution in [2.45, 2.75) is 50.9 Å². The van der Waals surface area contributed by atoms with Crippen molar-refractivity contribution in [1.82, 2.24) is 10.1 Å². The molecular weight excluding hydrogens is 351 g/mol. The van der Waals surface area contributed by atoms with Gasteiger partial charge in [0, 0.05) is 26.1 Å². The first kappa shape index (κ1) is 18.3. The van der Waals surface area contributed by atoms with Gasteiger partial charge in [-0.1, -0.05) is 5.16 Å². The van der Waals surface area contributed by atoms with Crippen LogP contribution in [-0.2, 0) is 19.7 Å². The van der Waals surface area contributed by atoms with Gasteiger partial charge in [-0.25, -0.2) is 0 Å². The average molecular weight is 374 g/mol. The molecule has 8 nitrogen and oxygen atoms in total. The first-order valence-corrected chi connectivity index (χ1v) is 8.94. The molecule has 0 radical (unpaired) electrons. The number of likely N-dealkylation sites (tertiary alicyclic amines) is 1. The molecule has 1 amide bonds. The molecular formula is C18H23BN2O6. The number of rotatable bonds is 3. The SMILES string of the molecule is CN1CCC(O)(c2cc(-c3ccc(B4OC(C)(C)C(C)(C)O4)o3)no2)C1=O. The minimum absolute atomic E-state index is 0.112. The minimum Gasteiger partial charge on any atom is -0.463 e. The summed E-state index contributed by atoms with van der Waals surface area (Å²) in [5.74, 6) is 0.153. The summed E-state index contributed by atoms with van der Waals surface area (Å²) >= 11 is 0. The van der Waals surface area contributed by atoms with Gasteiger partial charge in [0.05, 0.1) is 11.2 Å². The van der Waals surface area contributed by atoms with Crippen molar-refractivity contribution in [3.63, 3.8) is 0 Å². The molecule has 0 aliphatic carbocycles. The van der Waals surface area contributed by atoms with Crippen LogP contribution in [0, 0.1) is 0 Å². The lowest BCUT2D eigenvalue weighted by molar-refractivity contribution is -0.144. The van der Waals surface area contributed by atoms with Gasteiger partial charge in [0.25, 0.3) is 5.91 Å². The number of hydrogen-bond donors (Lipinski definition) is 1. The number of hydrogen-bond acceptors (Lipinski definition) is 7. The smallest absolute Gasteiger partial charge is 0.463 e. The first-order chi connectivity index (χ1) is 12.5. The van der Waals surface area contributed by atoms with E-state index in [4.69, 9.17) is 18.2 Å². The Morgan fingerprint density at radius 3 is 2.44 bits per heavy atom. The zero-order chi connectivity index (χ0) is 19.6. The van der Waals surface area contributed by atoms with Crippen LogP contribution in [-0.4, -0.2) is 53.0 Å². The third-order valence-electron chi connectivity index (χ3n) is 5.79. The summed E-state index contributed by atoms with van der Waals surface area (Å²) < 4.78 is 23.1. The molecule has 144 valence electrons. The van der Waals surface area contributed by atoms with Crippen molar-refractivity contribution in [2.75, 3.05) is 13.6 Å². The fraction of sp³-hybridized carbons (Fsp3) is 0.556. The Hall–Kier alpha value is -2.10. The Bertz CT molecular complexity index is 872. The Kier molecular flexibility index (Phi) is 3.86. The molecule has 1 unspecified atom stereocenters. The summed E-state index contributed by atoms with van der Waals surface area (Å²) in [4.78, 5) is 13.7. The van der Waals surface area contributed by atoms with Gasteiger partial charge in [0.2, 0.25) is 5.60 Å². The van der Waals surface area contributed by atoms with Crippen LogP contribution in [0.15, 0.2) is 27.1 Å². The van der Waals surface area contributed by atoms with E-state index in [0.29, 0.717) is 23.7 Å². The van der Waals surface area contributed by atoms with Crippen molar-refractivity contribution in [3.05, 3.63) is 24.0 Å². The number of aromatic nitrogens is 1. The van der Waals surface area contributed by atoms with Gasteiger partial charge in [-0.3, -0.25) is 4.79 Å². The second-order valence-corrected chi connectivity index (χ2v) is 8.20. The lowest BCUT2D eigenvalue weighted by Gasteiger charge is -2.32. The number of carbonyl (C=O) groups excluding carboxylic acids is 1. The van der Waals surface area contributed by atoms with E-state index >= 15 is 0 Å². The van der Waals surface area contributed by atoms with Gasteiger partial charge in [0.15, 0.2) is 11.5 Å². The maximum Gasteiger partial charge on any atom is 0.532 e. The predicted molar refractivity (Wildman–Crippen MR) is 96.1 cm³/mol. The lowest BCUT2D eigenvalue weighted by Crippen LogP contribution is -2.41. The minimum atomic E-state index is -1.68. The highest BCUT2D eigenvalue weighted by Crippen LogP contribution is 2.37. The van der Waals surface area contributed by atoms with Crippen LogP contribution >= 0.6 is 0 Å². The summed E-state index contributed by atoms with van der Waals surface area (Å²) in [6, 6.07) is 5.02. The topological polar surface area (TPSA) is 98.2 Å². The fourth-order valence-corrected chi connectivity index (χ4v) is 3.24. The van der Waals surface area contributed by atoms with E-state index in [1.165, 1.54) is 11.0 Å². The maximum absolute atomic E-state index is 12.2. The Labute approximate surface area is 157 Å². The first-order valence-electron chi connectivity index (χ1n) is 8.94. The quantitative estimate of drug-likeness (QED) is 0.809. The molecule has 0 bridgehead atoms. The van der Waals surface area contributed by atoms with E-state index in [1.807, 2.05) is 27.7 Å². The van der Waals surface area contributed by atoms with Gasteiger partial charge in [-0.2, -0.15) is 0 Å². The summed E-state index contributed by atoms with van der Waals surface area (Å²) in [5, 5.41) is 14.6. The molecule has 0 spiro atoms. The molecule has 0 aromatic carbocycles. The van der Waals surface area contributed by atoms with E-state index in [0.717, 1.165) is 0 Å². The van der Waals surface area contributed by atoms with E-state index in [9.17, 15) is 9.90 Å². The highest BCUT2D eigenvalue weighted by molar-refractivity contribution is 6.60. The molecule has 2 aliphatic rings. The van der Waals surface area contributed by atoms with Crippen LogP contribution in [0.3, 0.4) is 0 Å². The molecule has 2 fully saturated rings. The normalized spacial score (nSPS) is 27.0. The Balaban J connectivity index is 1.57. The van der Waals surface area contributed by atoms with Gasteiger partial charge in [-0.05, 0) is 39.8 Å². The molecule has 4 heterocycles. The standard InChI is InChI=1S/C18H23BN2O6/c1-16(2)17(3,4)27-19(26-16)14-7-6-12(24-14)11-10-13(25-20-11)18(23)8-9-21(5)15(18)22/h6-7,10,23H,8-9H2,1-5H3. The molecule has 2 saturated heterocycles. The Morgan fingerprint density at radius 2 is 1.85 bits per heavy atom. The second kappa shape index (κ2) is 5.70. The zero-order valence-corrected chi connectivity index (χ0v) is 16.1. The van der Waals surface area contributed by atoms with Crippen LogP contribution < -0.4 is 5.66 Å². The van der Waals surface area contributed by atoms with Crippen molar-refractivity contribution in [3.8, 4) is 11.5 Å². The number of aliphatic hydroxyl groups is 1. The average Bonchev–Trinajstić information content (AvgIpc) is 3.32. The van der Waals surface area contributed by atoms with E-state index < -0.39 is 29.8 Å². The van der Waals surface area contributed by atoms with Crippen molar-refractivity contribution >= 4 is 18.7 Å². The number of furan rings is 1. The van der Waals surface area contributed by atoms with Gasteiger partial charge >= 0.3 is 7.12 Å². The van der Waals surface area contributed by atoms with Gasteiger partial charge in [-0.15, -0.1) is 0 Å². The number of carbonyl (C=O) groups is 1. The molecule has 27 heavy (non-hydrogen) atoms. The highest BCUT2D eigenvalue weighted by atomic mass is 16.7. The summed E-state index contributed by atoms with van der Waals surface area (Å²) in [7, 11) is 1.02. The lowest BCUT2D eigenvalue weighted by atomic mass is 9.86. The molecule has 2 aliphatic heterocycles. The fourth-order valence-electron chi connectivity index (χ4n) is 3.24. The van der Waals surface area contributed by atoms with Crippen molar-refractivity contribution in [2.24, 2.45) is 0 Å². The number of amides is 1. The van der Waals surface area contributed by atoms with Crippen LogP contribution in [0.4, 0.5) is 0 Å². The Morgan fingerprint density at radius 1 is 1.19 bits per heavy atom. The van der Waals surface area contributed by atoms with Crippen molar-refractivity contribution in [1.29, 1.82) is 0 Å². The predicted octanol–water partition coefficient (Wildman–Crippen LogP) is 1.28. The van der Waals surface area contributed by atoms with Gasteiger partial charge < -0.3 is 28.3 Å². The number of likely N-dealkylation sites (N-methyl/N-ethyl adjacent to an activating group) is 1. The maximum atomic E-state index is 12.2. The molecule has 9 heteroatoms. The molecule has 2 aromatic heterocycles.